The number of pyridine rings is 1. The molecule has 1 aromatic heterocycles. The average Bonchev–Trinajstić information content (AvgIpc) is 2.58. The van der Waals surface area contributed by atoms with E-state index in [0.717, 1.165) is 16.7 Å². The molecule has 25 heavy (non-hydrogen) atoms. The number of aromatic amines is 1. The Morgan fingerprint density at radius 3 is 2.88 bits per heavy atom. The molecule has 1 N–H and O–H groups in total. The summed E-state index contributed by atoms with van der Waals surface area (Å²) < 4.78 is 10.7. The Labute approximate surface area is 146 Å². The first-order valence-corrected chi connectivity index (χ1v) is 8.49. The minimum Gasteiger partial charge on any atom is -0.497 e. The van der Waals surface area contributed by atoms with Crippen molar-refractivity contribution in [2.24, 2.45) is 0 Å². The lowest BCUT2D eigenvalue weighted by Gasteiger charge is -2.42. The van der Waals surface area contributed by atoms with Gasteiger partial charge in [-0.05, 0) is 44.5 Å². The number of aromatic nitrogens is 1. The van der Waals surface area contributed by atoms with E-state index in [1.165, 1.54) is 0 Å². The molecule has 2 heterocycles. The van der Waals surface area contributed by atoms with E-state index in [-0.39, 0.29) is 17.0 Å². The van der Waals surface area contributed by atoms with Crippen LogP contribution in [0, 0.1) is 0 Å². The largest absolute Gasteiger partial charge is 0.497 e. The van der Waals surface area contributed by atoms with Crippen LogP contribution in [0.15, 0.2) is 29.1 Å². The van der Waals surface area contributed by atoms with Gasteiger partial charge in [-0.2, -0.15) is 0 Å². The van der Waals surface area contributed by atoms with Gasteiger partial charge in [-0.25, -0.2) is 0 Å². The Kier molecular flexibility index (Phi) is 4.81. The number of nitrogens with one attached hydrogen (secondary N) is 1. The molecule has 0 aliphatic carbocycles. The number of hydrogen-bond donors (Lipinski definition) is 1. The van der Waals surface area contributed by atoms with Gasteiger partial charge in [-0.3, -0.25) is 9.59 Å². The number of fused-ring (bicyclic) bond motifs is 1. The minimum absolute atomic E-state index is 0.0541. The predicted molar refractivity (Wildman–Crippen MR) is 96.1 cm³/mol. The van der Waals surface area contributed by atoms with Gasteiger partial charge in [0.05, 0.1) is 25.9 Å². The smallest absolute Gasteiger partial charge is 0.251 e. The highest BCUT2D eigenvalue weighted by Gasteiger charge is 2.33. The summed E-state index contributed by atoms with van der Waals surface area (Å²) >= 11 is 0. The lowest BCUT2D eigenvalue weighted by atomic mass is 10.0. The average molecular weight is 344 g/mol. The summed E-state index contributed by atoms with van der Waals surface area (Å²) in [5.41, 5.74) is 0.917. The van der Waals surface area contributed by atoms with Crippen LogP contribution in [-0.4, -0.2) is 48.2 Å². The number of H-pyrrole nitrogens is 1. The normalized spacial score (nSPS) is 16.8. The number of carbonyl (C=O) groups excluding carboxylic acids is 1. The number of morpholine rings is 1. The molecule has 0 spiro atoms. The molecule has 6 nitrogen and oxygen atoms in total. The molecule has 1 aliphatic heterocycles. The highest BCUT2D eigenvalue weighted by molar-refractivity contribution is 5.81. The Hall–Kier alpha value is -2.34. The molecular weight excluding hydrogens is 320 g/mol. The van der Waals surface area contributed by atoms with Gasteiger partial charge < -0.3 is 19.4 Å². The number of methoxy groups -OCH3 is 1. The lowest BCUT2D eigenvalue weighted by Crippen LogP contribution is -2.55. The van der Waals surface area contributed by atoms with Crippen LogP contribution >= 0.6 is 0 Å². The third-order valence-electron chi connectivity index (χ3n) is 4.68. The number of carbonyl (C=O) groups is 1. The zero-order valence-electron chi connectivity index (χ0n) is 14.9. The second-order valence-corrected chi connectivity index (χ2v) is 6.99. The molecule has 1 saturated heterocycles. The van der Waals surface area contributed by atoms with Crippen molar-refractivity contribution < 1.29 is 14.3 Å². The van der Waals surface area contributed by atoms with Crippen molar-refractivity contribution in [3.05, 3.63) is 40.2 Å². The quantitative estimate of drug-likeness (QED) is 0.922. The first-order chi connectivity index (χ1) is 11.9. The van der Waals surface area contributed by atoms with Crippen LogP contribution in [0.25, 0.3) is 10.9 Å². The number of nitrogens with zero attached hydrogens (tertiary/aromatic N) is 1. The van der Waals surface area contributed by atoms with Crippen molar-refractivity contribution in [1.82, 2.24) is 9.88 Å². The van der Waals surface area contributed by atoms with Crippen molar-refractivity contribution in [1.29, 1.82) is 0 Å². The lowest BCUT2D eigenvalue weighted by molar-refractivity contribution is -0.146. The molecule has 1 aromatic carbocycles. The van der Waals surface area contributed by atoms with E-state index in [4.69, 9.17) is 9.47 Å². The van der Waals surface area contributed by atoms with E-state index in [9.17, 15) is 9.59 Å². The maximum atomic E-state index is 12.6. The summed E-state index contributed by atoms with van der Waals surface area (Å²) in [7, 11) is 1.61. The van der Waals surface area contributed by atoms with E-state index in [2.05, 4.69) is 4.98 Å². The minimum atomic E-state index is -0.307. The van der Waals surface area contributed by atoms with Gasteiger partial charge in [0, 0.05) is 29.4 Å². The maximum absolute atomic E-state index is 12.6. The summed E-state index contributed by atoms with van der Waals surface area (Å²) in [5, 5.41) is 0.896. The Bertz CT molecular complexity index is 841. The Morgan fingerprint density at radius 2 is 2.16 bits per heavy atom. The van der Waals surface area contributed by atoms with E-state index in [1.54, 1.807) is 7.11 Å². The van der Waals surface area contributed by atoms with Gasteiger partial charge in [0.25, 0.3) is 5.56 Å². The molecule has 6 heteroatoms. The van der Waals surface area contributed by atoms with Gasteiger partial charge in [0.15, 0.2) is 0 Å². The van der Waals surface area contributed by atoms with Crippen molar-refractivity contribution in [3.8, 4) is 5.75 Å². The molecule has 134 valence electrons. The molecule has 2 aromatic rings. The van der Waals surface area contributed by atoms with Crippen LogP contribution in [0.2, 0.25) is 0 Å². The van der Waals surface area contributed by atoms with Crippen LogP contribution < -0.4 is 10.3 Å². The van der Waals surface area contributed by atoms with E-state index in [0.29, 0.717) is 38.2 Å². The zero-order chi connectivity index (χ0) is 18.0. The van der Waals surface area contributed by atoms with E-state index in [1.807, 2.05) is 43.0 Å². The molecule has 0 radical (unpaired) electrons. The first kappa shape index (κ1) is 17.5. The molecule has 1 aliphatic rings. The van der Waals surface area contributed by atoms with Crippen molar-refractivity contribution in [3.63, 3.8) is 0 Å². The monoisotopic (exact) mass is 344 g/mol. The van der Waals surface area contributed by atoms with Crippen molar-refractivity contribution in [2.75, 3.05) is 26.9 Å². The van der Waals surface area contributed by atoms with Crippen LogP contribution in [-0.2, 0) is 16.0 Å². The fourth-order valence-corrected chi connectivity index (χ4v) is 3.24. The fraction of sp³-hybridized carbons (Fsp3) is 0.474. The summed E-state index contributed by atoms with van der Waals surface area (Å²) in [6, 6.07) is 7.35. The topological polar surface area (TPSA) is 71.6 Å². The van der Waals surface area contributed by atoms with E-state index < -0.39 is 0 Å². The molecule has 0 bridgehead atoms. The second-order valence-electron chi connectivity index (χ2n) is 6.99. The van der Waals surface area contributed by atoms with Crippen LogP contribution in [0.1, 0.15) is 25.8 Å². The molecule has 0 saturated carbocycles. The molecule has 0 unspecified atom stereocenters. The third-order valence-corrected chi connectivity index (χ3v) is 4.68. The molecule has 3 rings (SSSR count). The standard InChI is InChI=1S/C19H24N2O4/c1-19(2)12-25-9-8-21(19)17(22)7-4-13-10-14-11-15(24-3)5-6-16(14)20-18(13)23/h5-6,10-11H,4,7-9,12H2,1-3H3,(H,20,23). The van der Waals surface area contributed by atoms with Gasteiger partial charge in [0.1, 0.15) is 5.75 Å². The third kappa shape index (κ3) is 3.69. The molecular formula is C19H24N2O4. The number of benzene rings is 1. The van der Waals surface area contributed by atoms with Crippen LogP contribution in [0.3, 0.4) is 0 Å². The Balaban J connectivity index is 1.77. The number of ether oxygens (including phenoxy) is 2. The number of aryl methyl sites for hydroxylation is 1. The maximum Gasteiger partial charge on any atom is 0.251 e. The molecule has 1 fully saturated rings. The fourth-order valence-electron chi connectivity index (χ4n) is 3.24. The van der Waals surface area contributed by atoms with E-state index >= 15 is 0 Å². The SMILES string of the molecule is COc1ccc2[nH]c(=O)c(CCC(=O)N3CCOCC3(C)C)cc2c1. The Morgan fingerprint density at radius 1 is 1.36 bits per heavy atom. The highest BCUT2D eigenvalue weighted by Crippen LogP contribution is 2.21. The summed E-state index contributed by atoms with van der Waals surface area (Å²) in [6.45, 7) is 5.69. The summed E-state index contributed by atoms with van der Waals surface area (Å²) in [4.78, 5) is 29.6. The van der Waals surface area contributed by atoms with Crippen LogP contribution in [0.5, 0.6) is 5.75 Å². The molecule has 1 amide bonds. The predicted octanol–water partition coefficient (Wildman–Crippen LogP) is 2.11. The summed E-state index contributed by atoms with van der Waals surface area (Å²) in [6.07, 6.45) is 0.719. The summed E-state index contributed by atoms with van der Waals surface area (Å²) in [5.74, 6) is 0.787. The first-order valence-electron chi connectivity index (χ1n) is 8.49. The van der Waals surface area contributed by atoms with Gasteiger partial charge >= 0.3 is 0 Å². The van der Waals surface area contributed by atoms with Gasteiger partial charge in [-0.15, -0.1) is 0 Å². The number of hydrogen-bond acceptors (Lipinski definition) is 4. The van der Waals surface area contributed by atoms with Gasteiger partial charge in [0.2, 0.25) is 5.91 Å². The van der Waals surface area contributed by atoms with Crippen LogP contribution in [0.4, 0.5) is 0 Å². The number of amides is 1. The van der Waals surface area contributed by atoms with Crippen molar-refractivity contribution >= 4 is 16.8 Å². The van der Waals surface area contributed by atoms with Crippen molar-refractivity contribution in [2.45, 2.75) is 32.2 Å². The molecule has 0 atom stereocenters. The number of rotatable bonds is 4. The van der Waals surface area contributed by atoms with Gasteiger partial charge in [-0.1, -0.05) is 0 Å². The highest BCUT2D eigenvalue weighted by atomic mass is 16.5. The zero-order valence-corrected chi connectivity index (χ0v) is 14.9. The second kappa shape index (κ2) is 6.88.